The second-order valence-corrected chi connectivity index (χ2v) is 7.35. The molecule has 2 N–H and O–H groups in total. The smallest absolute Gasteiger partial charge is 0.378 e. The van der Waals surface area contributed by atoms with Crippen molar-refractivity contribution in [3.8, 4) is 6.07 Å². The lowest BCUT2D eigenvalue weighted by molar-refractivity contribution is -0.136. The highest BCUT2D eigenvalue weighted by molar-refractivity contribution is 5.87. The van der Waals surface area contributed by atoms with Gasteiger partial charge in [-0.15, -0.1) is 0 Å². The Morgan fingerprint density at radius 2 is 2.14 bits per heavy atom. The van der Waals surface area contributed by atoms with E-state index in [2.05, 4.69) is 5.32 Å². The van der Waals surface area contributed by atoms with E-state index in [-0.39, 0.29) is 24.5 Å². The molecule has 29 heavy (non-hydrogen) atoms. The predicted molar refractivity (Wildman–Crippen MR) is 97.0 cm³/mol. The molecule has 1 unspecified atom stereocenters. The highest BCUT2D eigenvalue weighted by Gasteiger charge is 2.41. The number of hydrogen-bond donors (Lipinski definition) is 2. The Balaban J connectivity index is 1.72. The molecular formula is C20H19F4N3O2. The van der Waals surface area contributed by atoms with Crippen LogP contribution in [0.5, 0.6) is 0 Å². The zero-order valence-electron chi connectivity index (χ0n) is 15.6. The van der Waals surface area contributed by atoms with E-state index < -0.39 is 29.2 Å². The Morgan fingerprint density at radius 3 is 2.79 bits per heavy atom. The fourth-order valence-corrected chi connectivity index (χ4v) is 3.50. The van der Waals surface area contributed by atoms with Crippen LogP contribution in [0, 0.1) is 23.1 Å². The lowest BCUT2D eigenvalue weighted by atomic mass is 9.91. The van der Waals surface area contributed by atoms with Crippen molar-refractivity contribution in [2.75, 3.05) is 18.0 Å². The molecule has 1 amide bonds. The first-order valence-corrected chi connectivity index (χ1v) is 8.97. The number of allylic oxidation sites excluding steroid dienone is 3. The first kappa shape index (κ1) is 20.9. The van der Waals surface area contributed by atoms with Crippen LogP contribution in [0.1, 0.15) is 18.9 Å². The number of hydrogen-bond acceptors (Lipinski definition) is 4. The Bertz CT molecular complexity index is 929. The van der Waals surface area contributed by atoms with Crippen molar-refractivity contribution < 1.29 is 27.5 Å². The molecule has 0 saturated carbocycles. The minimum atomic E-state index is -4.69. The standard InChI is InChI=1S/C20H19F4N3O2/c1-19(29,11-27-7-6-12-8-14(21)3-5-17(12)27)18(28)26-15-4-2-13(10-25)16(9-15)20(22,23)24/h3-5,8-9,13,29H,2,6-7,11H2,1H3,(H,26,28)/t13?,19-/m0/s1. The number of carbonyl (C=O) groups excluding carboxylic acids is 1. The van der Waals surface area contributed by atoms with Gasteiger partial charge in [0.25, 0.3) is 5.91 Å². The number of aliphatic hydroxyl groups is 1. The molecule has 1 aliphatic heterocycles. The van der Waals surface area contributed by atoms with Crippen LogP contribution >= 0.6 is 0 Å². The summed E-state index contributed by atoms with van der Waals surface area (Å²) in [4.78, 5) is 14.3. The number of nitriles is 1. The third kappa shape index (κ3) is 4.43. The number of nitrogens with zero attached hydrogens (tertiary/aromatic N) is 2. The molecule has 0 bridgehead atoms. The van der Waals surface area contributed by atoms with Gasteiger partial charge in [0.05, 0.1) is 24.1 Å². The maximum absolute atomic E-state index is 13.3. The minimum Gasteiger partial charge on any atom is -0.378 e. The summed E-state index contributed by atoms with van der Waals surface area (Å²) in [5.74, 6) is -2.58. The summed E-state index contributed by atoms with van der Waals surface area (Å²) in [6.07, 6.45) is -2.28. The minimum absolute atomic E-state index is 0.110. The Kier molecular flexibility index (Phi) is 5.41. The highest BCUT2D eigenvalue weighted by atomic mass is 19.4. The summed E-state index contributed by atoms with van der Waals surface area (Å²) in [7, 11) is 0. The summed E-state index contributed by atoms with van der Waals surface area (Å²) in [6.45, 7) is 1.63. The van der Waals surface area contributed by atoms with Crippen molar-refractivity contribution in [1.29, 1.82) is 5.26 Å². The number of nitrogens with one attached hydrogen (secondary N) is 1. The molecule has 2 atom stereocenters. The van der Waals surface area contributed by atoms with Gasteiger partial charge in [0.1, 0.15) is 5.82 Å². The zero-order chi connectivity index (χ0) is 21.4. The first-order chi connectivity index (χ1) is 13.5. The molecule has 0 spiro atoms. The van der Waals surface area contributed by atoms with Crippen molar-refractivity contribution in [1.82, 2.24) is 5.32 Å². The van der Waals surface area contributed by atoms with Crippen LogP contribution < -0.4 is 10.2 Å². The van der Waals surface area contributed by atoms with Crippen molar-refractivity contribution in [3.05, 3.63) is 53.0 Å². The monoisotopic (exact) mass is 409 g/mol. The Hall–Kier alpha value is -2.86. The maximum atomic E-state index is 13.3. The van der Waals surface area contributed by atoms with Crippen molar-refractivity contribution in [2.45, 2.75) is 31.5 Å². The molecule has 154 valence electrons. The number of anilines is 1. The second-order valence-electron chi connectivity index (χ2n) is 7.35. The van der Waals surface area contributed by atoms with Gasteiger partial charge in [-0.05, 0) is 49.6 Å². The molecule has 1 aromatic rings. The van der Waals surface area contributed by atoms with Gasteiger partial charge >= 0.3 is 6.18 Å². The van der Waals surface area contributed by atoms with E-state index in [1.165, 1.54) is 25.1 Å². The number of alkyl halides is 3. The van der Waals surface area contributed by atoms with E-state index in [9.17, 15) is 27.5 Å². The summed E-state index contributed by atoms with van der Waals surface area (Å²) in [6, 6.07) is 5.84. The first-order valence-electron chi connectivity index (χ1n) is 8.97. The lowest BCUT2D eigenvalue weighted by Crippen LogP contribution is -2.51. The maximum Gasteiger partial charge on any atom is 0.414 e. The van der Waals surface area contributed by atoms with Gasteiger partial charge in [-0.1, -0.05) is 6.08 Å². The van der Waals surface area contributed by atoms with Gasteiger partial charge in [0, 0.05) is 17.9 Å². The largest absolute Gasteiger partial charge is 0.414 e. The van der Waals surface area contributed by atoms with Crippen LogP contribution in [0.15, 0.2) is 41.6 Å². The molecule has 0 fully saturated rings. The number of carbonyl (C=O) groups is 1. The van der Waals surface area contributed by atoms with Gasteiger partial charge in [-0.2, -0.15) is 18.4 Å². The average molecular weight is 409 g/mol. The van der Waals surface area contributed by atoms with E-state index in [4.69, 9.17) is 5.26 Å². The van der Waals surface area contributed by atoms with Crippen LogP contribution in [0.3, 0.4) is 0 Å². The number of benzene rings is 1. The van der Waals surface area contributed by atoms with Crippen molar-refractivity contribution in [2.24, 2.45) is 5.92 Å². The van der Waals surface area contributed by atoms with E-state index in [1.807, 2.05) is 0 Å². The van der Waals surface area contributed by atoms with Crippen LogP contribution in [-0.4, -0.2) is 35.9 Å². The summed E-state index contributed by atoms with van der Waals surface area (Å²) in [5, 5.41) is 21.8. The SMILES string of the molecule is C[C@](O)(CN1CCc2cc(F)ccc21)C(=O)NC1=CCC(C#N)C(C(F)(F)F)=C1. The molecule has 0 aromatic heterocycles. The molecule has 2 aliphatic rings. The number of halogens is 4. The van der Waals surface area contributed by atoms with E-state index in [0.717, 1.165) is 11.6 Å². The molecule has 1 aromatic carbocycles. The van der Waals surface area contributed by atoms with E-state index in [1.54, 1.807) is 17.0 Å². The zero-order valence-corrected chi connectivity index (χ0v) is 15.6. The van der Waals surface area contributed by atoms with Crippen LogP contribution in [0.4, 0.5) is 23.2 Å². The third-order valence-corrected chi connectivity index (χ3v) is 5.02. The quantitative estimate of drug-likeness (QED) is 0.750. The van der Waals surface area contributed by atoms with E-state index >= 15 is 0 Å². The number of amides is 1. The number of fused-ring (bicyclic) bond motifs is 1. The van der Waals surface area contributed by atoms with Crippen molar-refractivity contribution in [3.63, 3.8) is 0 Å². The van der Waals surface area contributed by atoms with Gasteiger partial charge in [-0.3, -0.25) is 4.79 Å². The number of rotatable bonds is 4. The molecule has 5 nitrogen and oxygen atoms in total. The fourth-order valence-electron chi connectivity index (χ4n) is 3.50. The Labute approximate surface area is 164 Å². The summed E-state index contributed by atoms with van der Waals surface area (Å²) >= 11 is 0. The second kappa shape index (κ2) is 7.52. The Morgan fingerprint density at radius 1 is 1.41 bits per heavy atom. The van der Waals surface area contributed by atoms with Crippen LogP contribution in [0.25, 0.3) is 0 Å². The molecule has 1 aliphatic carbocycles. The summed E-state index contributed by atoms with van der Waals surface area (Å²) < 4.78 is 52.7. The third-order valence-electron chi connectivity index (χ3n) is 5.02. The average Bonchev–Trinajstić information content (AvgIpc) is 3.02. The lowest BCUT2D eigenvalue weighted by Gasteiger charge is -2.30. The van der Waals surface area contributed by atoms with Crippen LogP contribution in [-0.2, 0) is 11.2 Å². The molecule has 1 heterocycles. The normalized spacial score (nSPS) is 20.9. The van der Waals surface area contributed by atoms with Gasteiger partial charge < -0.3 is 15.3 Å². The highest BCUT2D eigenvalue weighted by Crippen LogP contribution is 2.36. The van der Waals surface area contributed by atoms with E-state index in [0.29, 0.717) is 18.7 Å². The molecule has 0 saturated heterocycles. The molecular weight excluding hydrogens is 390 g/mol. The molecule has 0 radical (unpaired) electrons. The van der Waals surface area contributed by atoms with Gasteiger partial charge in [0.2, 0.25) is 0 Å². The fraction of sp³-hybridized carbons (Fsp3) is 0.400. The predicted octanol–water partition coefficient (Wildman–Crippen LogP) is 2.97. The molecule has 3 rings (SSSR count). The number of β-amino-alcohol motifs (C(OH)–C–C–N with tert-alkyl or cyclic N) is 1. The van der Waals surface area contributed by atoms with Gasteiger partial charge in [-0.25, -0.2) is 4.39 Å². The summed E-state index contributed by atoms with van der Waals surface area (Å²) in [5.41, 5.74) is -1.59. The molecule has 9 heteroatoms. The van der Waals surface area contributed by atoms with Gasteiger partial charge in [0.15, 0.2) is 5.60 Å². The van der Waals surface area contributed by atoms with Crippen LogP contribution in [0.2, 0.25) is 0 Å². The topological polar surface area (TPSA) is 76.4 Å². The van der Waals surface area contributed by atoms with Crippen molar-refractivity contribution >= 4 is 11.6 Å².